The molecule has 1 atom stereocenters. The molecule has 1 amide bonds. The third-order valence-electron chi connectivity index (χ3n) is 3.17. The van der Waals surface area contributed by atoms with Gasteiger partial charge in [0.2, 0.25) is 0 Å². The highest BCUT2D eigenvalue weighted by Gasteiger charge is 2.24. The topological polar surface area (TPSA) is 58.6 Å². The summed E-state index contributed by atoms with van der Waals surface area (Å²) in [5.74, 6) is 0.00779. The van der Waals surface area contributed by atoms with Gasteiger partial charge in [-0.05, 0) is 46.9 Å². The second-order valence-electron chi connectivity index (χ2n) is 6.91. The van der Waals surface area contributed by atoms with Gasteiger partial charge in [-0.25, -0.2) is 4.79 Å². The van der Waals surface area contributed by atoms with Gasteiger partial charge < -0.3 is 15.0 Å². The van der Waals surface area contributed by atoms with Crippen LogP contribution in [0.25, 0.3) is 0 Å². The average molecular weight is 320 g/mol. The van der Waals surface area contributed by atoms with Gasteiger partial charge in [-0.1, -0.05) is 30.3 Å². The van der Waals surface area contributed by atoms with E-state index in [1.165, 1.54) is 0 Å². The Balaban J connectivity index is 2.75. The van der Waals surface area contributed by atoms with Crippen molar-refractivity contribution >= 4 is 11.9 Å². The molecule has 23 heavy (non-hydrogen) atoms. The SMILES string of the molecule is CN(C)CCC(=O)[C@H](Cc1ccccc1)NC(=O)OC(C)(C)C. The molecule has 0 radical (unpaired) electrons. The van der Waals surface area contributed by atoms with Gasteiger partial charge in [-0.3, -0.25) is 4.79 Å². The second-order valence-corrected chi connectivity index (χ2v) is 6.91. The number of nitrogens with one attached hydrogen (secondary N) is 1. The maximum atomic E-state index is 12.5. The Morgan fingerprint density at radius 3 is 2.30 bits per heavy atom. The number of benzene rings is 1. The van der Waals surface area contributed by atoms with Crippen LogP contribution in [0.1, 0.15) is 32.8 Å². The number of rotatable bonds is 7. The molecule has 0 aromatic heterocycles. The van der Waals surface area contributed by atoms with E-state index in [0.29, 0.717) is 19.4 Å². The molecule has 1 N–H and O–H groups in total. The maximum Gasteiger partial charge on any atom is 0.408 e. The summed E-state index contributed by atoms with van der Waals surface area (Å²) in [7, 11) is 3.83. The number of carbonyl (C=O) groups excluding carboxylic acids is 2. The zero-order chi connectivity index (χ0) is 17.5. The largest absolute Gasteiger partial charge is 0.444 e. The summed E-state index contributed by atoms with van der Waals surface area (Å²) in [6.07, 6.45) is 0.295. The third kappa shape index (κ3) is 8.35. The third-order valence-corrected chi connectivity index (χ3v) is 3.17. The fourth-order valence-electron chi connectivity index (χ4n) is 2.05. The van der Waals surface area contributed by atoms with Gasteiger partial charge in [0.05, 0.1) is 6.04 Å². The number of alkyl carbamates (subject to hydrolysis) is 1. The summed E-state index contributed by atoms with van der Waals surface area (Å²) >= 11 is 0. The van der Waals surface area contributed by atoms with E-state index in [-0.39, 0.29) is 5.78 Å². The minimum absolute atomic E-state index is 0.00779. The van der Waals surface area contributed by atoms with E-state index in [1.807, 2.05) is 49.3 Å². The zero-order valence-corrected chi connectivity index (χ0v) is 14.8. The lowest BCUT2D eigenvalue weighted by Gasteiger charge is -2.23. The Labute approximate surface area is 139 Å². The molecule has 0 saturated heterocycles. The molecule has 0 spiro atoms. The summed E-state index contributed by atoms with van der Waals surface area (Å²) in [6.45, 7) is 6.05. The van der Waals surface area contributed by atoms with Crippen LogP contribution in [-0.2, 0) is 16.0 Å². The van der Waals surface area contributed by atoms with Crippen LogP contribution in [0.4, 0.5) is 4.79 Å². The lowest BCUT2D eigenvalue weighted by molar-refractivity contribution is -0.121. The number of hydrogen-bond acceptors (Lipinski definition) is 4. The molecule has 0 heterocycles. The molecule has 0 unspecified atom stereocenters. The Hall–Kier alpha value is -1.88. The van der Waals surface area contributed by atoms with Crippen molar-refractivity contribution in [3.05, 3.63) is 35.9 Å². The molecule has 0 aliphatic carbocycles. The highest BCUT2D eigenvalue weighted by molar-refractivity contribution is 5.87. The van der Waals surface area contributed by atoms with Crippen LogP contribution in [0.15, 0.2) is 30.3 Å². The Morgan fingerprint density at radius 2 is 1.78 bits per heavy atom. The number of ether oxygens (including phenoxy) is 1. The molecule has 0 fully saturated rings. The van der Waals surface area contributed by atoms with Gasteiger partial charge >= 0.3 is 6.09 Å². The van der Waals surface area contributed by atoms with E-state index in [4.69, 9.17) is 4.74 Å². The van der Waals surface area contributed by atoms with Gasteiger partial charge in [0, 0.05) is 13.0 Å². The van der Waals surface area contributed by atoms with Crippen molar-refractivity contribution in [3.8, 4) is 0 Å². The number of amides is 1. The number of ketones is 1. The van der Waals surface area contributed by atoms with Gasteiger partial charge in [0.1, 0.15) is 5.60 Å². The first-order chi connectivity index (χ1) is 10.7. The molecule has 0 aliphatic heterocycles. The van der Waals surface area contributed by atoms with E-state index < -0.39 is 17.7 Å². The van der Waals surface area contributed by atoms with Crippen LogP contribution in [0.5, 0.6) is 0 Å². The zero-order valence-electron chi connectivity index (χ0n) is 14.8. The molecule has 1 aromatic carbocycles. The molecular formula is C18H28N2O3. The van der Waals surface area contributed by atoms with Crippen molar-refractivity contribution in [2.24, 2.45) is 0 Å². The summed E-state index contributed by atoms with van der Waals surface area (Å²) < 4.78 is 5.27. The first-order valence-corrected chi connectivity index (χ1v) is 7.88. The van der Waals surface area contributed by atoms with Gasteiger partial charge in [-0.15, -0.1) is 0 Å². The minimum atomic E-state index is -0.589. The Kier molecular flexibility index (Phi) is 7.23. The fourth-order valence-corrected chi connectivity index (χ4v) is 2.05. The predicted octanol–water partition coefficient (Wildman–Crippen LogP) is 2.64. The summed E-state index contributed by atoms with van der Waals surface area (Å²) in [6, 6.07) is 9.08. The van der Waals surface area contributed by atoms with Crippen LogP contribution < -0.4 is 5.32 Å². The number of hydrogen-bond donors (Lipinski definition) is 1. The second kappa shape index (κ2) is 8.67. The molecule has 1 aromatic rings. The smallest absolute Gasteiger partial charge is 0.408 e. The summed E-state index contributed by atoms with van der Waals surface area (Å²) in [4.78, 5) is 26.4. The van der Waals surface area contributed by atoms with Crippen molar-refractivity contribution in [2.45, 2.75) is 45.3 Å². The highest BCUT2D eigenvalue weighted by atomic mass is 16.6. The van der Waals surface area contributed by atoms with Crippen molar-refractivity contribution in [1.82, 2.24) is 10.2 Å². The first kappa shape index (κ1) is 19.2. The van der Waals surface area contributed by atoms with Crippen LogP contribution in [0, 0.1) is 0 Å². The molecule has 5 heteroatoms. The monoisotopic (exact) mass is 320 g/mol. The lowest BCUT2D eigenvalue weighted by atomic mass is 10.0. The molecule has 0 aliphatic rings. The number of Topliss-reactive ketones (excluding diaryl/α,β-unsaturated/α-hetero) is 1. The van der Waals surface area contributed by atoms with Crippen molar-refractivity contribution in [3.63, 3.8) is 0 Å². The molecular weight excluding hydrogens is 292 g/mol. The number of nitrogens with zero attached hydrogens (tertiary/aromatic N) is 1. The highest BCUT2D eigenvalue weighted by Crippen LogP contribution is 2.10. The van der Waals surface area contributed by atoms with Crippen LogP contribution >= 0.6 is 0 Å². The van der Waals surface area contributed by atoms with Crippen molar-refractivity contribution < 1.29 is 14.3 Å². The first-order valence-electron chi connectivity index (χ1n) is 7.88. The van der Waals surface area contributed by atoms with Crippen LogP contribution in [0.3, 0.4) is 0 Å². The Bertz CT molecular complexity index is 507. The summed E-state index contributed by atoms with van der Waals surface area (Å²) in [5, 5.41) is 2.72. The lowest BCUT2D eigenvalue weighted by Crippen LogP contribution is -2.45. The maximum absolute atomic E-state index is 12.5. The van der Waals surface area contributed by atoms with Crippen molar-refractivity contribution in [2.75, 3.05) is 20.6 Å². The molecule has 128 valence electrons. The minimum Gasteiger partial charge on any atom is -0.444 e. The van der Waals surface area contributed by atoms with Gasteiger partial charge in [-0.2, -0.15) is 0 Å². The van der Waals surface area contributed by atoms with E-state index in [9.17, 15) is 9.59 Å². The van der Waals surface area contributed by atoms with Crippen LogP contribution in [-0.4, -0.2) is 49.1 Å². The molecule has 1 rings (SSSR count). The van der Waals surface area contributed by atoms with E-state index >= 15 is 0 Å². The van der Waals surface area contributed by atoms with Crippen molar-refractivity contribution in [1.29, 1.82) is 0 Å². The summed E-state index contributed by atoms with van der Waals surface area (Å²) in [5.41, 5.74) is 0.417. The standard InChI is InChI=1S/C18H28N2O3/c1-18(2,3)23-17(22)19-15(16(21)11-12-20(4)5)13-14-9-7-6-8-10-14/h6-10,15H,11-13H2,1-5H3,(H,19,22)/t15-/m0/s1. The van der Waals surface area contributed by atoms with E-state index in [1.54, 1.807) is 20.8 Å². The average Bonchev–Trinajstić information content (AvgIpc) is 2.43. The normalized spacial score (nSPS) is 12.8. The molecule has 0 bridgehead atoms. The van der Waals surface area contributed by atoms with Crippen LogP contribution in [0.2, 0.25) is 0 Å². The predicted molar refractivity (Wildman–Crippen MR) is 91.5 cm³/mol. The van der Waals surface area contributed by atoms with E-state index in [0.717, 1.165) is 5.56 Å². The Morgan fingerprint density at radius 1 is 1.17 bits per heavy atom. The molecule has 5 nitrogen and oxygen atoms in total. The molecule has 0 saturated carbocycles. The van der Waals surface area contributed by atoms with Gasteiger partial charge in [0.25, 0.3) is 0 Å². The quantitative estimate of drug-likeness (QED) is 0.839. The van der Waals surface area contributed by atoms with Gasteiger partial charge in [0.15, 0.2) is 5.78 Å². The fraction of sp³-hybridized carbons (Fsp3) is 0.556. The number of carbonyl (C=O) groups is 2. The van der Waals surface area contributed by atoms with E-state index in [2.05, 4.69) is 5.32 Å².